The SMILES string of the molecule is COC(=O)C1=Cc2ccccc2COC1=O. The Kier molecular flexibility index (Phi) is 2.72. The second-order valence-electron chi connectivity index (χ2n) is 3.32. The lowest BCUT2D eigenvalue weighted by Crippen LogP contribution is -2.15. The van der Waals surface area contributed by atoms with Crippen LogP contribution < -0.4 is 0 Å². The minimum Gasteiger partial charge on any atom is -0.465 e. The van der Waals surface area contributed by atoms with Crippen LogP contribution in [0.4, 0.5) is 0 Å². The summed E-state index contributed by atoms with van der Waals surface area (Å²) in [6.07, 6.45) is 1.50. The Morgan fingerprint density at radius 2 is 2.12 bits per heavy atom. The number of ether oxygens (including phenoxy) is 2. The van der Waals surface area contributed by atoms with E-state index in [4.69, 9.17) is 4.74 Å². The maximum Gasteiger partial charge on any atom is 0.345 e. The van der Waals surface area contributed by atoms with Gasteiger partial charge in [0.1, 0.15) is 12.2 Å². The van der Waals surface area contributed by atoms with Crippen molar-refractivity contribution in [2.75, 3.05) is 7.11 Å². The van der Waals surface area contributed by atoms with E-state index in [9.17, 15) is 9.59 Å². The fourth-order valence-corrected chi connectivity index (χ4v) is 1.49. The van der Waals surface area contributed by atoms with Crippen molar-refractivity contribution in [3.05, 3.63) is 41.0 Å². The van der Waals surface area contributed by atoms with Crippen LogP contribution in [0.5, 0.6) is 0 Å². The van der Waals surface area contributed by atoms with Crippen molar-refractivity contribution < 1.29 is 19.1 Å². The van der Waals surface area contributed by atoms with E-state index in [1.807, 2.05) is 24.3 Å². The third-order valence-electron chi connectivity index (χ3n) is 2.34. The molecule has 16 heavy (non-hydrogen) atoms. The highest BCUT2D eigenvalue weighted by atomic mass is 16.5. The van der Waals surface area contributed by atoms with Crippen LogP contribution in [0.25, 0.3) is 6.08 Å². The van der Waals surface area contributed by atoms with Gasteiger partial charge in [-0.05, 0) is 17.2 Å². The normalized spacial score (nSPS) is 14.3. The van der Waals surface area contributed by atoms with Crippen molar-refractivity contribution >= 4 is 18.0 Å². The van der Waals surface area contributed by atoms with Crippen LogP contribution in [0.3, 0.4) is 0 Å². The molecule has 0 aromatic heterocycles. The van der Waals surface area contributed by atoms with Gasteiger partial charge in [0, 0.05) is 0 Å². The van der Waals surface area contributed by atoms with E-state index < -0.39 is 11.9 Å². The summed E-state index contributed by atoms with van der Waals surface area (Å²) < 4.78 is 9.48. The van der Waals surface area contributed by atoms with Crippen LogP contribution in [0.2, 0.25) is 0 Å². The molecular formula is C12H10O4. The Morgan fingerprint density at radius 3 is 2.88 bits per heavy atom. The van der Waals surface area contributed by atoms with Crippen molar-refractivity contribution in [3.8, 4) is 0 Å². The third-order valence-corrected chi connectivity index (χ3v) is 2.34. The molecule has 0 saturated heterocycles. The van der Waals surface area contributed by atoms with Crippen LogP contribution in [0.15, 0.2) is 29.8 Å². The molecule has 0 spiro atoms. The highest BCUT2D eigenvalue weighted by molar-refractivity contribution is 6.18. The maximum atomic E-state index is 11.5. The smallest absolute Gasteiger partial charge is 0.345 e. The highest BCUT2D eigenvalue weighted by Gasteiger charge is 2.23. The van der Waals surface area contributed by atoms with Crippen LogP contribution in [-0.4, -0.2) is 19.0 Å². The molecule has 0 saturated carbocycles. The van der Waals surface area contributed by atoms with Crippen molar-refractivity contribution in [3.63, 3.8) is 0 Å². The first kappa shape index (κ1) is 10.4. The fourth-order valence-electron chi connectivity index (χ4n) is 1.49. The predicted octanol–water partition coefficient (Wildman–Crippen LogP) is 1.30. The highest BCUT2D eigenvalue weighted by Crippen LogP contribution is 2.19. The topological polar surface area (TPSA) is 52.6 Å². The van der Waals surface area contributed by atoms with Gasteiger partial charge in [0.15, 0.2) is 0 Å². The van der Waals surface area contributed by atoms with E-state index in [1.54, 1.807) is 0 Å². The van der Waals surface area contributed by atoms with Gasteiger partial charge in [-0.25, -0.2) is 9.59 Å². The molecule has 0 fully saturated rings. The zero-order valence-corrected chi connectivity index (χ0v) is 8.73. The van der Waals surface area contributed by atoms with Crippen molar-refractivity contribution in [1.29, 1.82) is 0 Å². The van der Waals surface area contributed by atoms with Gasteiger partial charge >= 0.3 is 11.9 Å². The molecule has 1 aromatic rings. The number of hydrogen-bond acceptors (Lipinski definition) is 4. The molecule has 0 amide bonds. The molecule has 82 valence electrons. The van der Waals surface area contributed by atoms with E-state index in [-0.39, 0.29) is 12.2 Å². The molecule has 1 aromatic carbocycles. The van der Waals surface area contributed by atoms with Gasteiger partial charge in [-0.3, -0.25) is 0 Å². The zero-order valence-electron chi connectivity index (χ0n) is 8.73. The molecular weight excluding hydrogens is 208 g/mol. The lowest BCUT2D eigenvalue weighted by molar-refractivity contribution is -0.146. The first-order valence-corrected chi connectivity index (χ1v) is 4.77. The number of esters is 2. The number of benzene rings is 1. The molecule has 0 N–H and O–H groups in total. The molecule has 1 aliphatic rings. The Labute approximate surface area is 92.5 Å². The fraction of sp³-hybridized carbons (Fsp3) is 0.167. The van der Waals surface area contributed by atoms with Gasteiger partial charge in [0.25, 0.3) is 0 Å². The molecule has 0 bridgehead atoms. The number of carbonyl (C=O) groups excluding carboxylic acids is 2. The summed E-state index contributed by atoms with van der Waals surface area (Å²) in [5.41, 5.74) is 1.59. The molecule has 1 aliphatic heterocycles. The number of hydrogen-bond donors (Lipinski definition) is 0. The van der Waals surface area contributed by atoms with Gasteiger partial charge < -0.3 is 9.47 Å². The summed E-state index contributed by atoms with van der Waals surface area (Å²) in [6.45, 7) is 0.173. The summed E-state index contributed by atoms with van der Waals surface area (Å²) in [5.74, 6) is -1.33. The van der Waals surface area contributed by atoms with Gasteiger partial charge in [-0.2, -0.15) is 0 Å². The third kappa shape index (κ3) is 1.82. The summed E-state index contributed by atoms with van der Waals surface area (Å²) in [6, 6.07) is 7.35. The average Bonchev–Trinajstić information content (AvgIpc) is 2.48. The van der Waals surface area contributed by atoms with Crippen molar-refractivity contribution in [2.24, 2.45) is 0 Å². The average molecular weight is 218 g/mol. The number of rotatable bonds is 1. The summed E-state index contributed by atoms with van der Waals surface area (Å²) in [4.78, 5) is 22.8. The molecule has 0 aliphatic carbocycles. The van der Waals surface area contributed by atoms with Gasteiger partial charge in [0.05, 0.1) is 7.11 Å². The van der Waals surface area contributed by atoms with Crippen LogP contribution in [0.1, 0.15) is 11.1 Å². The number of methoxy groups -OCH3 is 1. The Morgan fingerprint density at radius 1 is 1.38 bits per heavy atom. The second kappa shape index (κ2) is 4.18. The lowest BCUT2D eigenvalue weighted by Gasteiger charge is -2.02. The van der Waals surface area contributed by atoms with E-state index in [0.29, 0.717) is 0 Å². The molecule has 4 heteroatoms. The standard InChI is InChI=1S/C12H10O4/c1-15-11(13)10-6-8-4-2-3-5-9(8)7-16-12(10)14/h2-6H,7H2,1H3. The quantitative estimate of drug-likeness (QED) is 0.526. The van der Waals surface area contributed by atoms with Crippen LogP contribution >= 0.6 is 0 Å². The number of cyclic esters (lactones) is 1. The number of fused-ring (bicyclic) bond motifs is 1. The van der Waals surface area contributed by atoms with Crippen molar-refractivity contribution in [2.45, 2.75) is 6.61 Å². The Balaban J connectivity index is 2.48. The summed E-state index contributed by atoms with van der Waals surface area (Å²) in [5, 5.41) is 0. The first-order valence-electron chi connectivity index (χ1n) is 4.77. The monoisotopic (exact) mass is 218 g/mol. The van der Waals surface area contributed by atoms with Gasteiger partial charge in [0.2, 0.25) is 0 Å². The maximum absolute atomic E-state index is 11.5. The van der Waals surface area contributed by atoms with E-state index in [2.05, 4.69) is 4.74 Å². The van der Waals surface area contributed by atoms with E-state index in [0.717, 1.165) is 11.1 Å². The van der Waals surface area contributed by atoms with E-state index >= 15 is 0 Å². The van der Waals surface area contributed by atoms with Gasteiger partial charge in [-0.15, -0.1) is 0 Å². The molecule has 0 unspecified atom stereocenters. The molecule has 4 nitrogen and oxygen atoms in total. The van der Waals surface area contributed by atoms with Gasteiger partial charge in [-0.1, -0.05) is 24.3 Å². The summed E-state index contributed by atoms with van der Waals surface area (Å²) in [7, 11) is 1.23. The molecule has 2 rings (SSSR count). The Hall–Kier alpha value is -2.10. The molecule has 0 atom stereocenters. The largest absolute Gasteiger partial charge is 0.465 e. The Bertz CT molecular complexity index is 474. The molecule has 1 heterocycles. The lowest BCUT2D eigenvalue weighted by atomic mass is 10.1. The minimum atomic E-state index is -0.679. The first-order chi connectivity index (χ1) is 7.72. The second-order valence-corrected chi connectivity index (χ2v) is 3.32. The minimum absolute atomic E-state index is 0.0764. The zero-order chi connectivity index (χ0) is 11.5. The number of carbonyl (C=O) groups is 2. The predicted molar refractivity (Wildman–Crippen MR) is 56.2 cm³/mol. The summed E-state index contributed by atoms with van der Waals surface area (Å²) >= 11 is 0. The molecule has 0 radical (unpaired) electrons. The van der Waals surface area contributed by atoms with Crippen molar-refractivity contribution in [1.82, 2.24) is 0 Å². The van der Waals surface area contributed by atoms with Crippen LogP contribution in [-0.2, 0) is 25.7 Å². The van der Waals surface area contributed by atoms with E-state index in [1.165, 1.54) is 13.2 Å². The van der Waals surface area contributed by atoms with Crippen LogP contribution in [0, 0.1) is 0 Å².